The fraction of sp³-hybridized carbons (Fsp3) is 0.0714. The highest BCUT2D eigenvalue weighted by Crippen LogP contribution is 2.18. The summed E-state index contributed by atoms with van der Waals surface area (Å²) in [4.78, 5) is 11.7. The fourth-order valence-electron chi connectivity index (χ4n) is 1.47. The normalized spacial score (nSPS) is 10.0. The van der Waals surface area contributed by atoms with Gasteiger partial charge in [-0.25, -0.2) is 0 Å². The molecule has 0 aliphatic carbocycles. The van der Waals surface area contributed by atoms with Gasteiger partial charge in [-0.1, -0.05) is 39.7 Å². The first kappa shape index (κ1) is 13.9. The van der Waals surface area contributed by atoms with Gasteiger partial charge in [0.25, 0.3) is 5.91 Å². The molecule has 0 saturated heterocycles. The van der Waals surface area contributed by atoms with E-state index in [1.54, 1.807) is 24.3 Å². The monoisotopic (exact) mass is 339 g/mol. The Balaban J connectivity index is 1.88. The van der Waals surface area contributed by atoms with E-state index in [1.165, 1.54) is 0 Å². The average molecular weight is 341 g/mol. The van der Waals surface area contributed by atoms with Crippen LogP contribution in [0.15, 0.2) is 53.0 Å². The largest absolute Gasteiger partial charge is 0.484 e. The van der Waals surface area contributed by atoms with Crippen molar-refractivity contribution in [1.29, 1.82) is 0 Å². The maximum Gasteiger partial charge on any atom is 0.262 e. The molecule has 0 fully saturated rings. The fourth-order valence-corrected chi connectivity index (χ4v) is 2.05. The van der Waals surface area contributed by atoms with Gasteiger partial charge >= 0.3 is 0 Å². The molecule has 2 aromatic rings. The highest BCUT2D eigenvalue weighted by atomic mass is 79.9. The lowest BCUT2D eigenvalue weighted by molar-refractivity contribution is -0.118. The van der Waals surface area contributed by atoms with Gasteiger partial charge in [0.2, 0.25) is 0 Å². The van der Waals surface area contributed by atoms with Crippen LogP contribution in [0.1, 0.15) is 0 Å². The van der Waals surface area contributed by atoms with Crippen molar-refractivity contribution in [2.75, 3.05) is 11.9 Å². The van der Waals surface area contributed by atoms with Crippen molar-refractivity contribution < 1.29 is 9.53 Å². The lowest BCUT2D eigenvalue weighted by Gasteiger charge is -2.08. The number of anilines is 1. The van der Waals surface area contributed by atoms with E-state index in [1.807, 2.05) is 24.3 Å². The predicted molar refractivity (Wildman–Crippen MR) is 79.7 cm³/mol. The van der Waals surface area contributed by atoms with E-state index in [-0.39, 0.29) is 12.5 Å². The summed E-state index contributed by atoms with van der Waals surface area (Å²) in [6.45, 7) is -0.0626. The van der Waals surface area contributed by atoms with Gasteiger partial charge in [-0.3, -0.25) is 4.79 Å². The summed E-state index contributed by atoms with van der Waals surface area (Å²) in [7, 11) is 0. The second-order valence-electron chi connectivity index (χ2n) is 3.80. The number of benzene rings is 2. The summed E-state index contributed by atoms with van der Waals surface area (Å²) in [5.74, 6) is 0.343. The minimum absolute atomic E-state index is 0.0626. The number of halogens is 2. The standard InChI is InChI=1S/C14H11BrClNO2/c15-10-3-1-5-12(7-10)17-14(18)9-19-13-6-2-4-11(16)8-13/h1-8H,9H2,(H,17,18). The summed E-state index contributed by atoms with van der Waals surface area (Å²) >= 11 is 9.16. The summed E-state index contributed by atoms with van der Waals surface area (Å²) in [5, 5.41) is 3.31. The highest BCUT2D eigenvalue weighted by molar-refractivity contribution is 9.10. The number of rotatable bonds is 4. The Labute approximate surface area is 124 Å². The topological polar surface area (TPSA) is 38.3 Å². The molecule has 0 aromatic heterocycles. The summed E-state index contributed by atoms with van der Waals surface area (Å²) in [6, 6.07) is 14.3. The molecule has 5 heteroatoms. The van der Waals surface area contributed by atoms with E-state index >= 15 is 0 Å². The molecule has 0 bridgehead atoms. The molecule has 0 radical (unpaired) electrons. The van der Waals surface area contributed by atoms with Crippen molar-refractivity contribution in [1.82, 2.24) is 0 Å². The zero-order chi connectivity index (χ0) is 13.7. The Kier molecular flexibility index (Phi) is 4.82. The molecule has 19 heavy (non-hydrogen) atoms. The van der Waals surface area contributed by atoms with Crippen molar-refractivity contribution in [2.45, 2.75) is 0 Å². The van der Waals surface area contributed by atoms with Crippen LogP contribution in [0.4, 0.5) is 5.69 Å². The molecule has 0 aliphatic heterocycles. The van der Waals surface area contributed by atoms with Crippen LogP contribution in [-0.4, -0.2) is 12.5 Å². The lowest BCUT2D eigenvalue weighted by Crippen LogP contribution is -2.20. The average Bonchev–Trinajstić information content (AvgIpc) is 2.36. The second kappa shape index (κ2) is 6.59. The summed E-state index contributed by atoms with van der Waals surface area (Å²) < 4.78 is 6.25. The number of carbonyl (C=O) groups excluding carboxylic acids is 1. The molecule has 2 aromatic carbocycles. The maximum atomic E-state index is 11.7. The van der Waals surface area contributed by atoms with Crippen LogP contribution in [-0.2, 0) is 4.79 Å². The van der Waals surface area contributed by atoms with Gasteiger partial charge in [-0.15, -0.1) is 0 Å². The molecule has 0 heterocycles. The van der Waals surface area contributed by atoms with Gasteiger partial charge in [0, 0.05) is 15.2 Å². The Morgan fingerprint density at radius 3 is 2.74 bits per heavy atom. The summed E-state index contributed by atoms with van der Waals surface area (Å²) in [6.07, 6.45) is 0. The number of nitrogens with one attached hydrogen (secondary N) is 1. The Hall–Kier alpha value is -1.52. The van der Waals surface area contributed by atoms with Crippen LogP contribution in [0, 0.1) is 0 Å². The molecule has 0 spiro atoms. The van der Waals surface area contributed by atoms with Crippen molar-refractivity contribution >= 4 is 39.1 Å². The molecule has 0 saturated carbocycles. The lowest BCUT2D eigenvalue weighted by atomic mass is 10.3. The number of carbonyl (C=O) groups is 1. The molecule has 0 unspecified atom stereocenters. The zero-order valence-corrected chi connectivity index (χ0v) is 12.2. The number of amides is 1. The number of hydrogen-bond acceptors (Lipinski definition) is 2. The molecule has 2 rings (SSSR count). The van der Waals surface area contributed by atoms with E-state index in [0.29, 0.717) is 16.5 Å². The first-order valence-corrected chi connectivity index (χ1v) is 6.74. The molecule has 98 valence electrons. The zero-order valence-electron chi connectivity index (χ0n) is 9.90. The highest BCUT2D eigenvalue weighted by Gasteiger charge is 2.04. The number of hydrogen-bond donors (Lipinski definition) is 1. The van der Waals surface area contributed by atoms with Crippen LogP contribution in [0.2, 0.25) is 5.02 Å². The molecule has 0 atom stereocenters. The van der Waals surface area contributed by atoms with E-state index < -0.39 is 0 Å². The Bertz CT molecular complexity index is 589. The van der Waals surface area contributed by atoms with Gasteiger partial charge in [-0.05, 0) is 36.4 Å². The minimum atomic E-state index is -0.224. The van der Waals surface area contributed by atoms with Crippen molar-refractivity contribution in [3.8, 4) is 5.75 Å². The minimum Gasteiger partial charge on any atom is -0.484 e. The van der Waals surface area contributed by atoms with Gasteiger partial charge < -0.3 is 10.1 Å². The second-order valence-corrected chi connectivity index (χ2v) is 5.16. The molecule has 0 aliphatic rings. The van der Waals surface area contributed by atoms with Crippen molar-refractivity contribution in [3.05, 3.63) is 58.0 Å². The van der Waals surface area contributed by atoms with Crippen LogP contribution < -0.4 is 10.1 Å². The summed E-state index contributed by atoms with van der Waals surface area (Å²) in [5.41, 5.74) is 0.717. The first-order chi connectivity index (χ1) is 9.13. The van der Waals surface area contributed by atoms with Gasteiger partial charge in [0.15, 0.2) is 6.61 Å². The molecular weight excluding hydrogens is 330 g/mol. The third-order valence-electron chi connectivity index (χ3n) is 2.27. The SMILES string of the molecule is O=C(COc1cccc(Cl)c1)Nc1cccc(Br)c1. The molecule has 1 N–H and O–H groups in total. The predicted octanol–water partition coefficient (Wildman–Crippen LogP) is 4.12. The number of ether oxygens (including phenoxy) is 1. The van der Waals surface area contributed by atoms with E-state index in [0.717, 1.165) is 4.47 Å². The first-order valence-electron chi connectivity index (χ1n) is 5.57. The third-order valence-corrected chi connectivity index (χ3v) is 3.00. The Morgan fingerprint density at radius 1 is 1.21 bits per heavy atom. The quantitative estimate of drug-likeness (QED) is 0.909. The maximum absolute atomic E-state index is 11.7. The van der Waals surface area contributed by atoms with Crippen molar-refractivity contribution in [2.24, 2.45) is 0 Å². The van der Waals surface area contributed by atoms with Gasteiger partial charge in [0.05, 0.1) is 0 Å². The molecular formula is C14H11BrClNO2. The van der Waals surface area contributed by atoms with E-state index in [9.17, 15) is 4.79 Å². The van der Waals surface area contributed by atoms with E-state index in [2.05, 4.69) is 21.2 Å². The molecule has 1 amide bonds. The van der Waals surface area contributed by atoms with Crippen LogP contribution in [0.25, 0.3) is 0 Å². The van der Waals surface area contributed by atoms with Crippen LogP contribution >= 0.6 is 27.5 Å². The van der Waals surface area contributed by atoms with Crippen LogP contribution in [0.5, 0.6) is 5.75 Å². The molecule has 3 nitrogen and oxygen atoms in total. The van der Waals surface area contributed by atoms with Gasteiger partial charge in [-0.2, -0.15) is 0 Å². The van der Waals surface area contributed by atoms with Gasteiger partial charge in [0.1, 0.15) is 5.75 Å². The van der Waals surface area contributed by atoms with Crippen LogP contribution in [0.3, 0.4) is 0 Å². The van der Waals surface area contributed by atoms with E-state index in [4.69, 9.17) is 16.3 Å². The third kappa shape index (κ3) is 4.58. The smallest absolute Gasteiger partial charge is 0.262 e. The Morgan fingerprint density at radius 2 is 2.00 bits per heavy atom. The van der Waals surface area contributed by atoms with Crippen molar-refractivity contribution in [3.63, 3.8) is 0 Å².